The maximum absolute atomic E-state index is 5.84. The van der Waals surface area contributed by atoms with Crippen LogP contribution in [0.3, 0.4) is 0 Å². The summed E-state index contributed by atoms with van der Waals surface area (Å²) in [4.78, 5) is 0. The van der Waals surface area contributed by atoms with E-state index in [0.717, 1.165) is 5.56 Å². The zero-order valence-electron chi connectivity index (χ0n) is 6.44. The summed E-state index contributed by atoms with van der Waals surface area (Å²) in [6.07, 6.45) is 0. The summed E-state index contributed by atoms with van der Waals surface area (Å²) >= 11 is 5.84. The van der Waals surface area contributed by atoms with Crippen molar-refractivity contribution in [2.24, 2.45) is 0 Å². The van der Waals surface area contributed by atoms with Gasteiger partial charge in [-0.05, 0) is 18.6 Å². The van der Waals surface area contributed by atoms with Gasteiger partial charge in [-0.25, -0.2) is 0 Å². The van der Waals surface area contributed by atoms with Gasteiger partial charge in [0.05, 0.1) is 17.8 Å². The van der Waals surface area contributed by atoms with Crippen molar-refractivity contribution in [1.82, 2.24) is 0 Å². The van der Waals surface area contributed by atoms with Crippen LogP contribution in [0.1, 0.15) is 5.56 Å². The third kappa shape index (κ3) is 1.40. The minimum Gasteiger partial charge on any atom is -0.494 e. The number of nitrogens with two attached hydrogens (primary N) is 1. The monoisotopic (exact) mass is 170 g/mol. The molecule has 0 aliphatic carbocycles. The van der Waals surface area contributed by atoms with Crippen molar-refractivity contribution in [3.63, 3.8) is 0 Å². The highest BCUT2D eigenvalue weighted by molar-refractivity contribution is 6.34. The Morgan fingerprint density at radius 3 is 2.82 bits per heavy atom. The second-order valence-corrected chi connectivity index (χ2v) is 2.61. The molecule has 1 aromatic carbocycles. The van der Waals surface area contributed by atoms with Crippen LogP contribution in [-0.4, -0.2) is 7.11 Å². The fourth-order valence-corrected chi connectivity index (χ4v) is 0.936. The minimum atomic E-state index is 0.453. The van der Waals surface area contributed by atoms with Crippen LogP contribution in [0.5, 0.6) is 5.75 Å². The maximum atomic E-state index is 5.84. The number of benzene rings is 1. The molecule has 0 heterocycles. The number of hydrogen-bond donors (Lipinski definition) is 1. The first-order valence-electron chi connectivity index (χ1n) is 3.17. The summed E-state index contributed by atoms with van der Waals surface area (Å²) in [5, 5.41) is 0.542. The highest BCUT2D eigenvalue weighted by Gasteiger charge is 2.05. The van der Waals surface area contributed by atoms with Crippen LogP contribution in [0.2, 0.25) is 5.02 Å². The molecule has 0 atom stereocenters. The normalized spacial score (nSPS) is 9.73. The summed E-state index contributed by atoms with van der Waals surface area (Å²) in [6, 6.07) is 4.61. The average Bonchev–Trinajstić information content (AvgIpc) is 2.01. The molecule has 1 rings (SSSR count). The molecular weight excluding hydrogens is 162 g/mol. The standard InChI is InChI=1S/C8H9ClNO/c1-5-3-4-6(11-2)8(10)7(5)9/h3H,10H2,1-2H3. The molecule has 0 bridgehead atoms. The third-order valence-electron chi connectivity index (χ3n) is 1.45. The van der Waals surface area contributed by atoms with E-state index in [9.17, 15) is 0 Å². The average molecular weight is 171 g/mol. The van der Waals surface area contributed by atoms with Crippen molar-refractivity contribution in [1.29, 1.82) is 0 Å². The molecule has 0 unspecified atom stereocenters. The van der Waals surface area contributed by atoms with Gasteiger partial charge in [0, 0.05) is 6.07 Å². The number of rotatable bonds is 1. The number of aryl methyl sites for hydroxylation is 1. The summed E-state index contributed by atoms with van der Waals surface area (Å²) < 4.78 is 4.92. The predicted octanol–water partition coefficient (Wildman–Crippen LogP) is 2.04. The molecule has 0 aliphatic rings. The molecule has 2 nitrogen and oxygen atoms in total. The fraction of sp³-hybridized carbons (Fsp3) is 0.250. The van der Waals surface area contributed by atoms with Gasteiger partial charge in [-0.3, -0.25) is 0 Å². The molecule has 0 fully saturated rings. The molecular formula is C8H9ClNO. The minimum absolute atomic E-state index is 0.453. The lowest BCUT2D eigenvalue weighted by molar-refractivity contribution is 0.416. The van der Waals surface area contributed by atoms with E-state index in [1.807, 2.05) is 6.92 Å². The van der Waals surface area contributed by atoms with Crippen molar-refractivity contribution in [2.45, 2.75) is 6.92 Å². The van der Waals surface area contributed by atoms with Crippen molar-refractivity contribution in [3.05, 3.63) is 22.7 Å². The number of hydrogen-bond acceptors (Lipinski definition) is 2. The first kappa shape index (κ1) is 8.21. The molecule has 0 amide bonds. The maximum Gasteiger partial charge on any atom is 0.151 e. The quantitative estimate of drug-likeness (QED) is 0.655. The van der Waals surface area contributed by atoms with Crippen molar-refractivity contribution >= 4 is 17.3 Å². The van der Waals surface area contributed by atoms with Crippen LogP contribution >= 0.6 is 11.6 Å². The van der Waals surface area contributed by atoms with Crippen LogP contribution in [-0.2, 0) is 0 Å². The molecule has 0 saturated heterocycles. The Kier molecular flexibility index (Phi) is 2.25. The summed E-state index contributed by atoms with van der Waals surface area (Å²) in [6.45, 7) is 1.87. The molecule has 0 spiro atoms. The SMILES string of the molecule is COc1[c]cc(C)c(Cl)c1N. The molecule has 0 saturated carbocycles. The number of ether oxygens (including phenoxy) is 1. The van der Waals surface area contributed by atoms with Crippen LogP contribution in [0.4, 0.5) is 5.69 Å². The largest absolute Gasteiger partial charge is 0.494 e. The van der Waals surface area contributed by atoms with E-state index >= 15 is 0 Å². The molecule has 3 heteroatoms. The molecule has 59 valence electrons. The van der Waals surface area contributed by atoms with Gasteiger partial charge >= 0.3 is 0 Å². The molecule has 0 aliphatic heterocycles. The van der Waals surface area contributed by atoms with Gasteiger partial charge in [-0.2, -0.15) is 0 Å². The van der Waals surface area contributed by atoms with Crippen molar-refractivity contribution in [2.75, 3.05) is 12.8 Å². The van der Waals surface area contributed by atoms with Gasteiger partial charge in [0.15, 0.2) is 5.75 Å². The zero-order valence-corrected chi connectivity index (χ0v) is 7.20. The number of nitrogen functional groups attached to an aromatic ring is 1. The lowest BCUT2D eigenvalue weighted by atomic mass is 10.2. The highest BCUT2D eigenvalue weighted by atomic mass is 35.5. The zero-order chi connectivity index (χ0) is 8.43. The first-order valence-corrected chi connectivity index (χ1v) is 3.55. The molecule has 11 heavy (non-hydrogen) atoms. The van der Waals surface area contributed by atoms with E-state index < -0.39 is 0 Å². The van der Waals surface area contributed by atoms with E-state index in [4.69, 9.17) is 22.1 Å². The third-order valence-corrected chi connectivity index (χ3v) is 1.95. The Bertz CT molecular complexity index is 273. The van der Waals surface area contributed by atoms with Gasteiger partial charge in [0.1, 0.15) is 0 Å². The highest BCUT2D eigenvalue weighted by Crippen LogP contribution is 2.30. The molecule has 1 radical (unpaired) electrons. The van der Waals surface area contributed by atoms with E-state index in [-0.39, 0.29) is 0 Å². The van der Waals surface area contributed by atoms with Crippen molar-refractivity contribution in [3.8, 4) is 5.75 Å². The van der Waals surface area contributed by atoms with Gasteiger partial charge in [-0.15, -0.1) is 0 Å². The lowest BCUT2D eigenvalue weighted by Gasteiger charge is -2.06. The van der Waals surface area contributed by atoms with Crippen LogP contribution in [0.25, 0.3) is 0 Å². The summed E-state index contributed by atoms with van der Waals surface area (Å²) in [5.41, 5.74) is 6.97. The fourth-order valence-electron chi connectivity index (χ4n) is 0.796. The Labute approximate surface area is 70.9 Å². The molecule has 2 N–H and O–H groups in total. The summed E-state index contributed by atoms with van der Waals surface area (Å²) in [5.74, 6) is 0.501. The van der Waals surface area contributed by atoms with Crippen molar-refractivity contribution < 1.29 is 4.74 Å². The summed E-state index contributed by atoms with van der Waals surface area (Å²) in [7, 11) is 1.54. The van der Waals surface area contributed by atoms with Gasteiger partial charge in [0.25, 0.3) is 0 Å². The predicted molar refractivity (Wildman–Crippen MR) is 46.0 cm³/mol. The van der Waals surface area contributed by atoms with Crippen LogP contribution in [0.15, 0.2) is 6.07 Å². The van der Waals surface area contributed by atoms with Gasteiger partial charge in [0.2, 0.25) is 0 Å². The second kappa shape index (κ2) is 3.01. The van der Waals surface area contributed by atoms with Crippen LogP contribution < -0.4 is 10.5 Å². The smallest absolute Gasteiger partial charge is 0.151 e. The van der Waals surface area contributed by atoms with E-state index in [0.29, 0.717) is 16.5 Å². The molecule has 0 aromatic heterocycles. The van der Waals surface area contributed by atoms with E-state index in [2.05, 4.69) is 6.07 Å². The number of methoxy groups -OCH3 is 1. The van der Waals surface area contributed by atoms with Crippen LogP contribution in [0, 0.1) is 13.0 Å². The first-order chi connectivity index (χ1) is 5.16. The molecule has 1 aromatic rings. The van der Waals surface area contributed by atoms with E-state index in [1.54, 1.807) is 6.07 Å². The van der Waals surface area contributed by atoms with Gasteiger partial charge < -0.3 is 10.5 Å². The Hall–Kier alpha value is -0.890. The Morgan fingerprint density at radius 2 is 2.27 bits per heavy atom. The van der Waals surface area contributed by atoms with E-state index in [1.165, 1.54) is 7.11 Å². The Balaban J connectivity index is 3.25. The topological polar surface area (TPSA) is 35.2 Å². The Morgan fingerprint density at radius 1 is 1.64 bits per heavy atom. The number of halogens is 1. The van der Waals surface area contributed by atoms with Gasteiger partial charge in [-0.1, -0.05) is 11.6 Å². The second-order valence-electron chi connectivity index (χ2n) is 2.23. The lowest BCUT2D eigenvalue weighted by Crippen LogP contribution is -1.94. The number of anilines is 1.